The predicted molar refractivity (Wildman–Crippen MR) is 66.0 cm³/mol. The van der Waals surface area contributed by atoms with Gasteiger partial charge in [-0.25, -0.2) is 4.98 Å². The van der Waals surface area contributed by atoms with Crippen molar-refractivity contribution in [3.63, 3.8) is 0 Å². The van der Waals surface area contributed by atoms with Crippen LogP contribution in [0.3, 0.4) is 0 Å². The summed E-state index contributed by atoms with van der Waals surface area (Å²) in [6, 6.07) is 0.553. The largest absolute Gasteiger partial charge is 0.375 e. The van der Waals surface area contributed by atoms with Crippen LogP contribution in [-0.4, -0.2) is 36.9 Å². The molecule has 17 heavy (non-hydrogen) atoms. The van der Waals surface area contributed by atoms with Gasteiger partial charge in [0.1, 0.15) is 5.01 Å². The quantitative estimate of drug-likeness (QED) is 0.882. The maximum absolute atomic E-state index is 5.85. The van der Waals surface area contributed by atoms with Gasteiger partial charge in [0, 0.05) is 30.1 Å². The van der Waals surface area contributed by atoms with E-state index in [0.717, 1.165) is 24.8 Å². The van der Waals surface area contributed by atoms with E-state index in [2.05, 4.69) is 10.3 Å². The maximum atomic E-state index is 5.85. The molecule has 1 saturated carbocycles. The molecular formula is C12H18N2O2S. The molecule has 1 aliphatic heterocycles. The highest BCUT2D eigenvalue weighted by molar-refractivity contribution is 7.09. The fourth-order valence-corrected chi connectivity index (χ4v) is 3.31. The molecule has 4 nitrogen and oxygen atoms in total. The monoisotopic (exact) mass is 254 g/mol. The molecule has 1 N–H and O–H groups in total. The Morgan fingerprint density at radius 1 is 1.53 bits per heavy atom. The van der Waals surface area contributed by atoms with Crippen LogP contribution in [0.15, 0.2) is 11.6 Å². The second-order valence-electron chi connectivity index (χ2n) is 4.67. The van der Waals surface area contributed by atoms with Crippen LogP contribution in [0.5, 0.6) is 0 Å². The Morgan fingerprint density at radius 2 is 2.53 bits per heavy atom. The molecule has 0 spiro atoms. The highest BCUT2D eigenvalue weighted by Crippen LogP contribution is 2.30. The maximum Gasteiger partial charge on any atom is 0.118 e. The third-order valence-electron chi connectivity index (χ3n) is 3.57. The van der Waals surface area contributed by atoms with E-state index in [4.69, 9.17) is 9.47 Å². The van der Waals surface area contributed by atoms with Crippen LogP contribution < -0.4 is 5.32 Å². The van der Waals surface area contributed by atoms with E-state index < -0.39 is 0 Å². The SMILES string of the molecule is c1csc(COCC2CCC3NCCOC23)n1. The molecule has 3 atom stereocenters. The van der Waals surface area contributed by atoms with Crippen molar-refractivity contribution in [2.24, 2.45) is 5.92 Å². The summed E-state index contributed by atoms with van der Waals surface area (Å²) < 4.78 is 11.6. The highest BCUT2D eigenvalue weighted by atomic mass is 32.1. The summed E-state index contributed by atoms with van der Waals surface area (Å²) in [6.07, 6.45) is 4.61. The van der Waals surface area contributed by atoms with E-state index in [-0.39, 0.29) is 0 Å². The van der Waals surface area contributed by atoms with Gasteiger partial charge < -0.3 is 14.8 Å². The van der Waals surface area contributed by atoms with Gasteiger partial charge in [-0.3, -0.25) is 0 Å². The van der Waals surface area contributed by atoms with Gasteiger partial charge in [-0.05, 0) is 12.8 Å². The Balaban J connectivity index is 1.46. The Hall–Kier alpha value is -0.490. The summed E-state index contributed by atoms with van der Waals surface area (Å²) in [6.45, 7) is 3.26. The summed E-state index contributed by atoms with van der Waals surface area (Å²) in [4.78, 5) is 4.21. The number of thiazole rings is 1. The Labute approximate surface area is 105 Å². The predicted octanol–water partition coefficient (Wildman–Crippen LogP) is 1.43. The van der Waals surface area contributed by atoms with Gasteiger partial charge in [0.2, 0.25) is 0 Å². The number of nitrogens with one attached hydrogen (secondary N) is 1. The third kappa shape index (κ3) is 2.68. The second-order valence-corrected chi connectivity index (χ2v) is 5.65. The van der Waals surface area contributed by atoms with Crippen LogP contribution >= 0.6 is 11.3 Å². The van der Waals surface area contributed by atoms with Crippen molar-refractivity contribution in [1.82, 2.24) is 10.3 Å². The van der Waals surface area contributed by atoms with Crippen molar-refractivity contribution in [3.8, 4) is 0 Å². The average Bonchev–Trinajstić information content (AvgIpc) is 2.99. The molecule has 0 aromatic carbocycles. The summed E-state index contributed by atoms with van der Waals surface area (Å²) in [5, 5.41) is 6.57. The van der Waals surface area contributed by atoms with Crippen LogP contribution in [0.25, 0.3) is 0 Å². The van der Waals surface area contributed by atoms with Gasteiger partial charge >= 0.3 is 0 Å². The number of aromatic nitrogens is 1. The van der Waals surface area contributed by atoms with Gasteiger partial charge in [0.05, 0.1) is 25.9 Å². The van der Waals surface area contributed by atoms with E-state index in [9.17, 15) is 0 Å². The molecule has 0 amide bonds. The van der Waals surface area contributed by atoms with Crippen LogP contribution in [0.4, 0.5) is 0 Å². The van der Waals surface area contributed by atoms with Gasteiger partial charge in [-0.15, -0.1) is 11.3 Å². The molecule has 2 fully saturated rings. The normalized spacial score (nSPS) is 32.6. The first-order chi connectivity index (χ1) is 8.43. The Kier molecular flexibility index (Phi) is 3.71. The van der Waals surface area contributed by atoms with Gasteiger partial charge in [0.25, 0.3) is 0 Å². The summed E-state index contributed by atoms with van der Waals surface area (Å²) in [7, 11) is 0. The highest BCUT2D eigenvalue weighted by Gasteiger charge is 2.38. The number of hydrogen-bond donors (Lipinski definition) is 1. The molecule has 2 heterocycles. The summed E-state index contributed by atoms with van der Waals surface area (Å²) in [5.74, 6) is 0.549. The molecular weight excluding hydrogens is 236 g/mol. The van der Waals surface area contributed by atoms with Crippen molar-refractivity contribution in [2.45, 2.75) is 31.6 Å². The van der Waals surface area contributed by atoms with E-state index in [1.807, 2.05) is 11.6 Å². The Morgan fingerprint density at radius 3 is 3.41 bits per heavy atom. The van der Waals surface area contributed by atoms with Crippen molar-refractivity contribution in [3.05, 3.63) is 16.6 Å². The number of fused-ring (bicyclic) bond motifs is 1. The average molecular weight is 254 g/mol. The van der Waals surface area contributed by atoms with Crippen LogP contribution in [-0.2, 0) is 16.1 Å². The zero-order valence-corrected chi connectivity index (χ0v) is 10.6. The zero-order chi connectivity index (χ0) is 11.5. The van der Waals surface area contributed by atoms with Gasteiger partial charge in [-0.2, -0.15) is 0 Å². The lowest BCUT2D eigenvalue weighted by Crippen LogP contribution is -2.47. The van der Waals surface area contributed by atoms with E-state index >= 15 is 0 Å². The first kappa shape index (κ1) is 11.6. The molecule has 1 aromatic rings. The second kappa shape index (κ2) is 5.44. The molecule has 2 aliphatic rings. The number of hydrogen-bond acceptors (Lipinski definition) is 5. The Bertz CT molecular complexity index is 344. The lowest BCUT2D eigenvalue weighted by molar-refractivity contribution is -0.0399. The molecule has 3 rings (SSSR count). The molecule has 1 aromatic heterocycles. The smallest absolute Gasteiger partial charge is 0.118 e. The number of ether oxygens (including phenoxy) is 2. The van der Waals surface area contributed by atoms with Crippen LogP contribution in [0, 0.1) is 5.92 Å². The molecule has 1 saturated heterocycles. The third-order valence-corrected chi connectivity index (χ3v) is 4.32. The number of nitrogens with zero attached hydrogens (tertiary/aromatic N) is 1. The number of rotatable bonds is 4. The lowest BCUT2D eigenvalue weighted by Gasteiger charge is -2.30. The summed E-state index contributed by atoms with van der Waals surface area (Å²) >= 11 is 1.65. The molecule has 0 radical (unpaired) electrons. The minimum absolute atomic E-state index is 0.361. The topological polar surface area (TPSA) is 43.4 Å². The van der Waals surface area contributed by atoms with Crippen LogP contribution in [0.2, 0.25) is 0 Å². The molecule has 94 valence electrons. The molecule has 3 unspecified atom stereocenters. The molecule has 5 heteroatoms. The summed E-state index contributed by atoms with van der Waals surface area (Å²) in [5.41, 5.74) is 0. The fourth-order valence-electron chi connectivity index (χ4n) is 2.76. The zero-order valence-electron chi connectivity index (χ0n) is 9.80. The minimum atomic E-state index is 0.361. The van der Waals surface area contributed by atoms with Crippen molar-refractivity contribution in [1.29, 1.82) is 0 Å². The first-order valence-corrected chi connectivity index (χ1v) is 7.12. The fraction of sp³-hybridized carbons (Fsp3) is 0.750. The minimum Gasteiger partial charge on any atom is -0.375 e. The lowest BCUT2D eigenvalue weighted by atomic mass is 10.1. The van der Waals surface area contributed by atoms with E-state index in [1.165, 1.54) is 12.8 Å². The van der Waals surface area contributed by atoms with E-state index in [1.54, 1.807) is 11.3 Å². The standard InChI is InChI=1S/C12H18N2O2S/c1-2-10-12(16-5-3-13-10)9(1)7-15-8-11-14-4-6-17-11/h4,6,9-10,12-13H,1-3,5,7-8H2. The van der Waals surface area contributed by atoms with Gasteiger partial charge in [0.15, 0.2) is 0 Å². The van der Waals surface area contributed by atoms with Crippen molar-refractivity contribution >= 4 is 11.3 Å². The van der Waals surface area contributed by atoms with Gasteiger partial charge in [-0.1, -0.05) is 0 Å². The molecule has 1 aliphatic carbocycles. The van der Waals surface area contributed by atoms with Crippen LogP contribution in [0.1, 0.15) is 17.8 Å². The molecule has 0 bridgehead atoms. The first-order valence-electron chi connectivity index (χ1n) is 6.24. The van der Waals surface area contributed by atoms with Crippen molar-refractivity contribution in [2.75, 3.05) is 19.8 Å². The van der Waals surface area contributed by atoms with E-state index in [0.29, 0.717) is 24.7 Å². The number of morpholine rings is 1. The van der Waals surface area contributed by atoms with Crippen molar-refractivity contribution < 1.29 is 9.47 Å².